The minimum absolute atomic E-state index is 0.0965. The molecule has 1 aliphatic heterocycles. The van der Waals surface area contributed by atoms with Crippen LogP contribution in [0.4, 0.5) is 0 Å². The monoisotopic (exact) mass is 460 g/mol. The molecule has 0 radical (unpaired) electrons. The van der Waals surface area contributed by atoms with Gasteiger partial charge in [0.15, 0.2) is 6.61 Å². The summed E-state index contributed by atoms with van der Waals surface area (Å²) >= 11 is 0. The molecule has 9 nitrogen and oxygen atoms in total. The Balaban J connectivity index is 1.38. The first-order chi connectivity index (χ1) is 15.3. The van der Waals surface area contributed by atoms with E-state index in [1.54, 1.807) is 35.2 Å². The van der Waals surface area contributed by atoms with Gasteiger partial charge in [-0.3, -0.25) is 15.0 Å². The first-order valence-corrected chi connectivity index (χ1v) is 11.8. The van der Waals surface area contributed by atoms with E-state index in [9.17, 15) is 18.0 Å². The first kappa shape index (κ1) is 23.7. The zero-order chi connectivity index (χ0) is 23.1. The Morgan fingerprint density at radius 1 is 0.969 bits per heavy atom. The third-order valence-corrected chi connectivity index (χ3v) is 6.92. The topological polar surface area (TPSA) is 108 Å². The van der Waals surface area contributed by atoms with Crippen molar-refractivity contribution in [3.8, 4) is 5.75 Å². The second-order valence-corrected chi connectivity index (χ2v) is 9.55. The normalized spacial score (nSPS) is 14.8. The fourth-order valence-corrected chi connectivity index (χ4v) is 4.89. The molecular weight excluding hydrogens is 432 g/mol. The SMILES string of the molecule is Cc1cc(C)cc(OCC(=O)NNCC(=O)N2CCN(S(=O)(=O)c3ccccc3)CC2)c1. The van der Waals surface area contributed by atoms with Crippen molar-refractivity contribution in [3.63, 3.8) is 0 Å². The van der Waals surface area contributed by atoms with Crippen LogP contribution in [0, 0.1) is 13.8 Å². The Morgan fingerprint density at radius 3 is 2.22 bits per heavy atom. The second kappa shape index (κ2) is 10.6. The maximum atomic E-state index is 12.7. The quantitative estimate of drug-likeness (QED) is 0.565. The van der Waals surface area contributed by atoms with Crippen molar-refractivity contribution in [3.05, 3.63) is 59.7 Å². The summed E-state index contributed by atoms with van der Waals surface area (Å²) in [5, 5.41) is 0. The van der Waals surface area contributed by atoms with Gasteiger partial charge in [-0.2, -0.15) is 4.31 Å². The molecule has 1 heterocycles. The number of carbonyl (C=O) groups is 2. The number of nitrogens with one attached hydrogen (secondary N) is 2. The number of piperazine rings is 1. The van der Waals surface area contributed by atoms with Gasteiger partial charge in [0.05, 0.1) is 11.4 Å². The minimum atomic E-state index is -3.57. The Bertz CT molecular complexity index is 1030. The predicted octanol–water partition coefficient (Wildman–Crippen LogP) is 0.836. The van der Waals surface area contributed by atoms with Crippen molar-refractivity contribution in [2.24, 2.45) is 0 Å². The summed E-state index contributed by atoms with van der Waals surface area (Å²) in [5.41, 5.74) is 7.13. The number of nitrogens with zero attached hydrogens (tertiary/aromatic N) is 2. The van der Waals surface area contributed by atoms with E-state index in [0.717, 1.165) is 11.1 Å². The molecule has 0 aromatic heterocycles. The molecule has 3 rings (SSSR count). The van der Waals surface area contributed by atoms with Gasteiger partial charge in [-0.25, -0.2) is 13.8 Å². The molecule has 0 unspecified atom stereocenters. The number of carbonyl (C=O) groups excluding carboxylic acids is 2. The molecule has 0 atom stereocenters. The number of ether oxygens (including phenoxy) is 1. The van der Waals surface area contributed by atoms with Gasteiger partial charge in [-0.1, -0.05) is 24.3 Å². The van der Waals surface area contributed by atoms with Gasteiger partial charge in [-0.05, 0) is 49.2 Å². The molecule has 1 fully saturated rings. The summed E-state index contributed by atoms with van der Waals surface area (Å²) in [7, 11) is -3.57. The molecular formula is C22H28N4O5S. The fraction of sp³-hybridized carbons (Fsp3) is 0.364. The zero-order valence-corrected chi connectivity index (χ0v) is 19.0. The van der Waals surface area contributed by atoms with E-state index in [1.165, 1.54) is 4.31 Å². The summed E-state index contributed by atoms with van der Waals surface area (Å²) in [6, 6.07) is 13.9. The molecule has 0 saturated carbocycles. The third kappa shape index (κ3) is 6.28. The Kier molecular flexibility index (Phi) is 7.84. The number of aryl methyl sites for hydroxylation is 2. The van der Waals surface area contributed by atoms with Gasteiger partial charge < -0.3 is 9.64 Å². The third-order valence-electron chi connectivity index (χ3n) is 5.00. The van der Waals surface area contributed by atoms with Crippen molar-refractivity contribution < 1.29 is 22.7 Å². The lowest BCUT2D eigenvalue weighted by atomic mass is 10.1. The van der Waals surface area contributed by atoms with Gasteiger partial charge in [0.1, 0.15) is 5.75 Å². The highest BCUT2D eigenvalue weighted by atomic mass is 32.2. The number of amides is 2. The smallest absolute Gasteiger partial charge is 0.271 e. The molecule has 1 saturated heterocycles. The number of hydrazine groups is 1. The van der Waals surface area contributed by atoms with Crippen molar-refractivity contribution in [1.29, 1.82) is 0 Å². The number of rotatable bonds is 8. The van der Waals surface area contributed by atoms with Crippen LogP contribution in [0.3, 0.4) is 0 Å². The van der Waals surface area contributed by atoms with Crippen molar-refractivity contribution >= 4 is 21.8 Å². The van der Waals surface area contributed by atoms with Gasteiger partial charge in [0.25, 0.3) is 5.91 Å². The maximum absolute atomic E-state index is 12.7. The molecule has 0 aliphatic carbocycles. The van der Waals surface area contributed by atoms with Crippen LogP contribution in [-0.4, -0.2) is 68.8 Å². The predicted molar refractivity (Wildman–Crippen MR) is 119 cm³/mol. The number of hydrogen-bond acceptors (Lipinski definition) is 6. The van der Waals surface area contributed by atoms with Crippen LogP contribution >= 0.6 is 0 Å². The van der Waals surface area contributed by atoms with E-state index in [2.05, 4.69) is 10.9 Å². The fourth-order valence-electron chi connectivity index (χ4n) is 3.45. The van der Waals surface area contributed by atoms with E-state index in [-0.39, 0.29) is 50.1 Å². The van der Waals surface area contributed by atoms with E-state index in [4.69, 9.17) is 4.74 Å². The van der Waals surface area contributed by atoms with Gasteiger partial charge in [0.2, 0.25) is 15.9 Å². The standard InChI is InChI=1S/C22H28N4O5S/c1-17-12-18(2)14-19(13-17)31-16-21(27)24-23-15-22(28)25-8-10-26(11-9-25)32(29,30)20-6-4-3-5-7-20/h3-7,12-14,23H,8-11,15-16H2,1-2H3,(H,24,27). The van der Waals surface area contributed by atoms with E-state index in [1.807, 2.05) is 32.0 Å². The summed E-state index contributed by atoms with van der Waals surface area (Å²) in [6.45, 7) is 4.64. The Hall–Kier alpha value is -2.95. The number of benzene rings is 2. The Labute approximate surface area is 188 Å². The van der Waals surface area contributed by atoms with E-state index in [0.29, 0.717) is 5.75 Å². The highest BCUT2D eigenvalue weighted by Crippen LogP contribution is 2.17. The summed E-state index contributed by atoms with van der Waals surface area (Å²) in [6.07, 6.45) is 0. The molecule has 0 bridgehead atoms. The van der Waals surface area contributed by atoms with Crippen LogP contribution in [0.15, 0.2) is 53.4 Å². The zero-order valence-electron chi connectivity index (χ0n) is 18.2. The summed E-state index contributed by atoms with van der Waals surface area (Å²) < 4.78 is 32.2. The maximum Gasteiger partial charge on any atom is 0.271 e. The molecule has 10 heteroatoms. The van der Waals surface area contributed by atoms with Crippen LogP contribution in [0.1, 0.15) is 11.1 Å². The van der Waals surface area contributed by atoms with Crippen LogP contribution < -0.4 is 15.6 Å². The first-order valence-electron chi connectivity index (χ1n) is 10.3. The molecule has 2 aromatic carbocycles. The molecule has 2 amide bonds. The summed E-state index contributed by atoms with van der Waals surface area (Å²) in [5.74, 6) is -0.0231. The van der Waals surface area contributed by atoms with Gasteiger partial charge >= 0.3 is 0 Å². The number of hydrogen-bond donors (Lipinski definition) is 2. The van der Waals surface area contributed by atoms with Gasteiger partial charge in [-0.15, -0.1) is 0 Å². The molecule has 32 heavy (non-hydrogen) atoms. The average Bonchev–Trinajstić information content (AvgIpc) is 2.77. The molecule has 172 valence electrons. The second-order valence-electron chi connectivity index (χ2n) is 7.61. The summed E-state index contributed by atoms with van der Waals surface area (Å²) in [4.78, 5) is 26.1. The molecule has 2 aromatic rings. The lowest BCUT2D eigenvalue weighted by Crippen LogP contribution is -2.53. The largest absolute Gasteiger partial charge is 0.484 e. The average molecular weight is 461 g/mol. The number of sulfonamides is 1. The molecule has 2 N–H and O–H groups in total. The van der Waals surface area contributed by atoms with E-state index >= 15 is 0 Å². The lowest BCUT2D eigenvalue weighted by molar-refractivity contribution is -0.132. The van der Waals surface area contributed by atoms with Crippen LogP contribution in [0.5, 0.6) is 5.75 Å². The molecule has 0 spiro atoms. The Morgan fingerprint density at radius 2 is 1.59 bits per heavy atom. The highest BCUT2D eigenvalue weighted by molar-refractivity contribution is 7.89. The van der Waals surface area contributed by atoms with Crippen LogP contribution in [0.2, 0.25) is 0 Å². The minimum Gasteiger partial charge on any atom is -0.484 e. The van der Waals surface area contributed by atoms with Crippen LogP contribution in [-0.2, 0) is 19.6 Å². The lowest BCUT2D eigenvalue weighted by Gasteiger charge is -2.34. The van der Waals surface area contributed by atoms with Gasteiger partial charge in [0, 0.05) is 26.2 Å². The van der Waals surface area contributed by atoms with Crippen molar-refractivity contribution in [2.45, 2.75) is 18.7 Å². The highest BCUT2D eigenvalue weighted by Gasteiger charge is 2.29. The van der Waals surface area contributed by atoms with E-state index < -0.39 is 15.9 Å². The molecule has 1 aliphatic rings. The van der Waals surface area contributed by atoms with Crippen LogP contribution in [0.25, 0.3) is 0 Å². The van der Waals surface area contributed by atoms with Crippen molar-refractivity contribution in [1.82, 2.24) is 20.1 Å². The van der Waals surface area contributed by atoms with Crippen molar-refractivity contribution in [2.75, 3.05) is 39.3 Å².